The van der Waals surface area contributed by atoms with Crippen LogP contribution in [-0.2, 0) is 14.3 Å². The van der Waals surface area contributed by atoms with Crippen LogP contribution < -0.4 is 5.32 Å². The highest BCUT2D eigenvalue weighted by atomic mass is 16.6. The van der Waals surface area contributed by atoms with Crippen LogP contribution in [0.1, 0.15) is 26.2 Å². The standard InChI is InChI=1S/C14H23N3O5/c1-2-21-13(19)16-6-3-11(4-7-16)15-12(18)5-8-17-9-10-22-14(17)20/h11H,2-10H2,1H3,(H,15,18). The van der Waals surface area contributed by atoms with Crippen molar-refractivity contribution in [2.24, 2.45) is 0 Å². The molecule has 0 aliphatic carbocycles. The molecule has 0 bridgehead atoms. The summed E-state index contributed by atoms with van der Waals surface area (Å²) in [5.74, 6) is -0.0747. The molecule has 22 heavy (non-hydrogen) atoms. The molecule has 1 N–H and O–H groups in total. The van der Waals surface area contributed by atoms with E-state index in [1.165, 1.54) is 4.90 Å². The molecule has 0 saturated carbocycles. The zero-order chi connectivity index (χ0) is 15.9. The molecule has 2 rings (SSSR count). The molecule has 3 amide bonds. The molecule has 8 heteroatoms. The van der Waals surface area contributed by atoms with Crippen molar-refractivity contribution < 1.29 is 23.9 Å². The lowest BCUT2D eigenvalue weighted by atomic mass is 10.1. The molecule has 0 spiro atoms. The first-order valence-electron chi connectivity index (χ1n) is 7.73. The van der Waals surface area contributed by atoms with Gasteiger partial charge in [0.25, 0.3) is 0 Å². The van der Waals surface area contributed by atoms with E-state index in [1.807, 2.05) is 0 Å². The third-order valence-electron chi connectivity index (χ3n) is 3.84. The van der Waals surface area contributed by atoms with Gasteiger partial charge in [0.1, 0.15) is 6.61 Å². The van der Waals surface area contributed by atoms with Crippen molar-refractivity contribution in [2.45, 2.75) is 32.2 Å². The van der Waals surface area contributed by atoms with Gasteiger partial charge in [-0.05, 0) is 19.8 Å². The van der Waals surface area contributed by atoms with Crippen molar-refractivity contribution in [3.05, 3.63) is 0 Å². The van der Waals surface area contributed by atoms with Crippen LogP contribution in [0.4, 0.5) is 9.59 Å². The zero-order valence-corrected chi connectivity index (χ0v) is 12.9. The highest BCUT2D eigenvalue weighted by Gasteiger charge is 2.26. The Morgan fingerprint density at radius 1 is 1.32 bits per heavy atom. The number of hydrogen-bond acceptors (Lipinski definition) is 5. The summed E-state index contributed by atoms with van der Waals surface area (Å²) in [4.78, 5) is 37.9. The molecular formula is C14H23N3O5. The van der Waals surface area contributed by atoms with Crippen LogP contribution in [0.3, 0.4) is 0 Å². The number of likely N-dealkylation sites (tertiary alicyclic amines) is 1. The number of piperidine rings is 1. The van der Waals surface area contributed by atoms with Gasteiger partial charge in [0.05, 0.1) is 13.2 Å². The summed E-state index contributed by atoms with van der Waals surface area (Å²) >= 11 is 0. The second kappa shape index (κ2) is 7.86. The lowest BCUT2D eigenvalue weighted by Crippen LogP contribution is -2.47. The largest absolute Gasteiger partial charge is 0.450 e. The van der Waals surface area contributed by atoms with Gasteiger partial charge < -0.3 is 24.6 Å². The molecule has 0 aromatic carbocycles. The first-order valence-corrected chi connectivity index (χ1v) is 7.73. The van der Waals surface area contributed by atoms with Crippen LogP contribution in [0.25, 0.3) is 0 Å². The first-order chi connectivity index (χ1) is 10.6. The summed E-state index contributed by atoms with van der Waals surface area (Å²) in [6.07, 6.45) is 1.06. The average Bonchev–Trinajstić information content (AvgIpc) is 2.91. The van der Waals surface area contributed by atoms with Crippen molar-refractivity contribution in [3.8, 4) is 0 Å². The number of nitrogens with one attached hydrogen (secondary N) is 1. The Balaban J connectivity index is 1.64. The van der Waals surface area contributed by atoms with Crippen molar-refractivity contribution >= 4 is 18.1 Å². The Hall–Kier alpha value is -1.99. The maximum absolute atomic E-state index is 11.9. The van der Waals surface area contributed by atoms with Crippen molar-refractivity contribution in [1.82, 2.24) is 15.1 Å². The molecule has 0 aromatic heterocycles. The van der Waals surface area contributed by atoms with E-state index in [4.69, 9.17) is 9.47 Å². The molecule has 0 atom stereocenters. The Bertz CT molecular complexity index is 421. The fraction of sp³-hybridized carbons (Fsp3) is 0.786. The minimum Gasteiger partial charge on any atom is -0.450 e. The summed E-state index contributed by atoms with van der Waals surface area (Å²) in [5, 5.41) is 2.95. The van der Waals surface area contributed by atoms with Gasteiger partial charge in [0, 0.05) is 32.1 Å². The number of carbonyl (C=O) groups is 3. The zero-order valence-electron chi connectivity index (χ0n) is 12.9. The van der Waals surface area contributed by atoms with E-state index in [2.05, 4.69) is 5.32 Å². The van der Waals surface area contributed by atoms with Gasteiger partial charge in [-0.25, -0.2) is 9.59 Å². The quantitative estimate of drug-likeness (QED) is 0.801. The Kier molecular flexibility index (Phi) is 5.85. The van der Waals surface area contributed by atoms with E-state index in [0.29, 0.717) is 39.4 Å². The molecule has 0 radical (unpaired) electrons. The summed E-state index contributed by atoms with van der Waals surface area (Å²) in [5.41, 5.74) is 0. The molecule has 8 nitrogen and oxygen atoms in total. The Morgan fingerprint density at radius 3 is 2.64 bits per heavy atom. The average molecular weight is 313 g/mol. The van der Waals surface area contributed by atoms with Crippen LogP contribution in [0.5, 0.6) is 0 Å². The minimum absolute atomic E-state index is 0.0729. The van der Waals surface area contributed by atoms with E-state index in [0.717, 1.165) is 12.8 Å². The smallest absolute Gasteiger partial charge is 0.409 e. The first kappa shape index (κ1) is 16.4. The molecule has 0 unspecified atom stereocenters. The van der Waals surface area contributed by atoms with Crippen molar-refractivity contribution in [1.29, 1.82) is 0 Å². The number of hydrogen-bond donors (Lipinski definition) is 1. The molecule has 2 aliphatic heterocycles. The molecule has 2 aliphatic rings. The number of rotatable bonds is 5. The van der Waals surface area contributed by atoms with E-state index in [-0.39, 0.29) is 30.6 Å². The van der Waals surface area contributed by atoms with E-state index in [9.17, 15) is 14.4 Å². The lowest BCUT2D eigenvalue weighted by molar-refractivity contribution is -0.122. The van der Waals surface area contributed by atoms with Gasteiger partial charge in [0.15, 0.2) is 0 Å². The van der Waals surface area contributed by atoms with Crippen LogP contribution in [0, 0.1) is 0 Å². The van der Waals surface area contributed by atoms with Gasteiger partial charge in [-0.15, -0.1) is 0 Å². The highest BCUT2D eigenvalue weighted by molar-refractivity contribution is 5.77. The second-order valence-corrected chi connectivity index (χ2v) is 5.38. The molecule has 2 saturated heterocycles. The molecule has 124 valence electrons. The van der Waals surface area contributed by atoms with E-state index in [1.54, 1.807) is 11.8 Å². The van der Waals surface area contributed by atoms with Crippen LogP contribution in [0.2, 0.25) is 0 Å². The van der Waals surface area contributed by atoms with Crippen LogP contribution in [-0.4, -0.2) is 73.3 Å². The summed E-state index contributed by atoms with van der Waals surface area (Å²) in [6.45, 7) is 4.64. The third-order valence-corrected chi connectivity index (χ3v) is 3.84. The van der Waals surface area contributed by atoms with Gasteiger partial charge in [-0.3, -0.25) is 4.79 Å². The SMILES string of the molecule is CCOC(=O)N1CCC(NC(=O)CCN2CCOC2=O)CC1. The number of nitrogens with zero attached hydrogens (tertiary/aromatic N) is 2. The van der Waals surface area contributed by atoms with E-state index >= 15 is 0 Å². The summed E-state index contributed by atoms with van der Waals surface area (Å²) in [7, 11) is 0. The Morgan fingerprint density at radius 2 is 2.05 bits per heavy atom. The van der Waals surface area contributed by atoms with Crippen LogP contribution in [0.15, 0.2) is 0 Å². The van der Waals surface area contributed by atoms with Crippen molar-refractivity contribution in [2.75, 3.05) is 39.4 Å². The van der Waals surface area contributed by atoms with Gasteiger partial charge in [-0.1, -0.05) is 0 Å². The molecular weight excluding hydrogens is 290 g/mol. The third kappa shape index (κ3) is 4.51. The summed E-state index contributed by atoms with van der Waals surface area (Å²) in [6, 6.07) is 0.0729. The second-order valence-electron chi connectivity index (χ2n) is 5.38. The predicted octanol–water partition coefficient (Wildman–Crippen LogP) is 0.566. The van der Waals surface area contributed by atoms with E-state index < -0.39 is 0 Å². The summed E-state index contributed by atoms with van der Waals surface area (Å²) < 4.78 is 9.76. The van der Waals surface area contributed by atoms with Crippen molar-refractivity contribution in [3.63, 3.8) is 0 Å². The number of cyclic esters (lactones) is 1. The van der Waals surface area contributed by atoms with Gasteiger partial charge in [0.2, 0.25) is 5.91 Å². The van der Waals surface area contributed by atoms with Crippen LogP contribution >= 0.6 is 0 Å². The number of ether oxygens (including phenoxy) is 2. The molecule has 0 aromatic rings. The van der Waals surface area contributed by atoms with Gasteiger partial charge >= 0.3 is 12.2 Å². The monoisotopic (exact) mass is 313 g/mol. The normalized spacial score (nSPS) is 19.0. The number of carbonyl (C=O) groups excluding carboxylic acids is 3. The fourth-order valence-corrected chi connectivity index (χ4v) is 2.59. The maximum atomic E-state index is 11.9. The molecule has 2 fully saturated rings. The molecule has 2 heterocycles. The lowest BCUT2D eigenvalue weighted by Gasteiger charge is -2.31. The Labute approximate surface area is 129 Å². The highest BCUT2D eigenvalue weighted by Crippen LogP contribution is 2.12. The topological polar surface area (TPSA) is 88.2 Å². The minimum atomic E-state index is -0.351. The fourth-order valence-electron chi connectivity index (χ4n) is 2.59. The van der Waals surface area contributed by atoms with Gasteiger partial charge in [-0.2, -0.15) is 0 Å². The predicted molar refractivity (Wildman–Crippen MR) is 77.3 cm³/mol. The number of amides is 3. The maximum Gasteiger partial charge on any atom is 0.409 e.